The highest BCUT2D eigenvalue weighted by molar-refractivity contribution is 5.70. The van der Waals surface area contributed by atoms with Crippen LogP contribution >= 0.6 is 0 Å². The van der Waals surface area contributed by atoms with Crippen LogP contribution in [0.3, 0.4) is 0 Å². The average Bonchev–Trinajstić information content (AvgIpc) is 2.93. The summed E-state index contributed by atoms with van der Waals surface area (Å²) >= 11 is 0. The number of ether oxygens (including phenoxy) is 3. The largest absolute Gasteiger partial charge is 0.445 e. The molecule has 0 radical (unpaired) electrons. The Kier molecular flexibility index (Phi) is 7.07. The number of alkyl carbamates (subject to hydrolysis) is 1. The first-order valence-electron chi connectivity index (χ1n) is 9.24. The zero-order valence-corrected chi connectivity index (χ0v) is 16.7. The van der Waals surface area contributed by atoms with Gasteiger partial charge in [0, 0.05) is 6.54 Å². The van der Waals surface area contributed by atoms with Gasteiger partial charge >= 0.3 is 12.2 Å². The molecule has 0 aromatic heterocycles. The van der Waals surface area contributed by atoms with Crippen LogP contribution < -0.4 is 5.32 Å². The molecule has 0 aliphatic carbocycles. The smallest absolute Gasteiger partial charge is 0.410 e. The Hall–Kier alpha value is -2.28. The van der Waals surface area contributed by atoms with Crippen LogP contribution in [0.2, 0.25) is 0 Å². The van der Waals surface area contributed by atoms with Crippen molar-refractivity contribution >= 4 is 12.2 Å². The fraction of sp³-hybridized carbons (Fsp3) is 0.600. The number of nitrogens with zero attached hydrogens (tertiary/aromatic N) is 1. The fourth-order valence-electron chi connectivity index (χ4n) is 2.82. The number of benzene rings is 1. The summed E-state index contributed by atoms with van der Waals surface area (Å²) in [7, 11) is 0. The molecule has 1 N–H and O–H groups in total. The normalized spacial score (nSPS) is 19.9. The summed E-state index contributed by atoms with van der Waals surface area (Å²) < 4.78 is 16.6. The summed E-state index contributed by atoms with van der Waals surface area (Å²) in [6.07, 6.45) is -1.30. The van der Waals surface area contributed by atoms with E-state index in [0.29, 0.717) is 13.1 Å². The third-order valence-electron chi connectivity index (χ3n) is 3.88. The molecule has 1 aromatic rings. The van der Waals surface area contributed by atoms with Crippen LogP contribution in [-0.2, 0) is 20.8 Å². The van der Waals surface area contributed by atoms with Crippen LogP contribution in [0, 0.1) is 0 Å². The molecule has 1 heterocycles. The maximum atomic E-state index is 12.4. The van der Waals surface area contributed by atoms with E-state index >= 15 is 0 Å². The van der Waals surface area contributed by atoms with Gasteiger partial charge in [-0.05, 0) is 40.2 Å². The summed E-state index contributed by atoms with van der Waals surface area (Å²) in [4.78, 5) is 26.1. The molecule has 2 rings (SSSR count). The number of amides is 2. The van der Waals surface area contributed by atoms with Crippen LogP contribution in [0.15, 0.2) is 30.3 Å². The van der Waals surface area contributed by atoms with Crippen molar-refractivity contribution in [2.24, 2.45) is 0 Å². The molecule has 150 valence electrons. The van der Waals surface area contributed by atoms with E-state index in [2.05, 4.69) is 5.32 Å². The van der Waals surface area contributed by atoms with E-state index in [0.717, 1.165) is 5.56 Å². The first-order chi connectivity index (χ1) is 12.6. The lowest BCUT2D eigenvalue weighted by atomic mass is 10.2. The van der Waals surface area contributed by atoms with Gasteiger partial charge in [0.25, 0.3) is 0 Å². The monoisotopic (exact) mass is 378 g/mol. The Morgan fingerprint density at radius 2 is 1.85 bits per heavy atom. The molecule has 0 bridgehead atoms. The maximum absolute atomic E-state index is 12.4. The van der Waals surface area contributed by atoms with Crippen LogP contribution in [0.1, 0.15) is 40.2 Å². The van der Waals surface area contributed by atoms with Crippen molar-refractivity contribution in [1.29, 1.82) is 0 Å². The molecule has 7 heteroatoms. The van der Waals surface area contributed by atoms with E-state index in [4.69, 9.17) is 14.2 Å². The minimum Gasteiger partial charge on any atom is -0.445 e. The second-order valence-electron chi connectivity index (χ2n) is 7.92. The molecule has 27 heavy (non-hydrogen) atoms. The molecule has 1 aromatic carbocycles. The minimum absolute atomic E-state index is 0.0294. The highest BCUT2D eigenvalue weighted by atomic mass is 16.6. The number of nitrogens with one attached hydrogen (secondary N) is 1. The quantitative estimate of drug-likeness (QED) is 0.850. The maximum Gasteiger partial charge on any atom is 0.410 e. The highest BCUT2D eigenvalue weighted by Gasteiger charge is 2.39. The van der Waals surface area contributed by atoms with Gasteiger partial charge in [-0.25, -0.2) is 9.59 Å². The van der Waals surface area contributed by atoms with E-state index in [1.54, 1.807) is 25.7 Å². The molecule has 2 atom stereocenters. The van der Waals surface area contributed by atoms with E-state index in [9.17, 15) is 9.59 Å². The molecule has 7 nitrogen and oxygen atoms in total. The number of carbonyl (C=O) groups is 2. The molecule has 2 amide bonds. The standard InChI is InChI=1S/C20H30N2O5/c1-14(2)26-17-12-22(11-16(17)21-18(23)27-20(3,4)5)19(24)25-13-15-9-7-6-8-10-15/h6-10,14,16-17H,11-13H2,1-5H3,(H,21,23)/t16-,17-/m0/s1. The summed E-state index contributed by atoms with van der Waals surface area (Å²) in [6.45, 7) is 10.1. The van der Waals surface area contributed by atoms with Crippen molar-refractivity contribution in [3.63, 3.8) is 0 Å². The van der Waals surface area contributed by atoms with Gasteiger partial charge in [0.2, 0.25) is 0 Å². The Bertz CT molecular complexity index is 627. The van der Waals surface area contributed by atoms with Gasteiger partial charge in [0.15, 0.2) is 0 Å². The molecule has 0 saturated carbocycles. The van der Waals surface area contributed by atoms with Gasteiger partial charge < -0.3 is 24.4 Å². The Morgan fingerprint density at radius 3 is 2.44 bits per heavy atom. The van der Waals surface area contributed by atoms with Gasteiger partial charge in [-0.15, -0.1) is 0 Å². The van der Waals surface area contributed by atoms with Crippen LogP contribution in [0.25, 0.3) is 0 Å². The van der Waals surface area contributed by atoms with E-state index < -0.39 is 17.8 Å². The first kappa shape index (κ1) is 21.0. The Morgan fingerprint density at radius 1 is 1.19 bits per heavy atom. The number of hydrogen-bond acceptors (Lipinski definition) is 5. The van der Waals surface area contributed by atoms with Crippen molar-refractivity contribution in [1.82, 2.24) is 10.2 Å². The zero-order valence-electron chi connectivity index (χ0n) is 16.7. The van der Waals surface area contributed by atoms with Crippen molar-refractivity contribution in [3.05, 3.63) is 35.9 Å². The van der Waals surface area contributed by atoms with Crippen molar-refractivity contribution in [2.75, 3.05) is 13.1 Å². The molecule has 1 saturated heterocycles. The van der Waals surface area contributed by atoms with Gasteiger partial charge in [-0.2, -0.15) is 0 Å². The molecule has 0 unspecified atom stereocenters. The molecule has 0 spiro atoms. The van der Waals surface area contributed by atoms with Crippen molar-refractivity contribution in [2.45, 2.75) is 65.1 Å². The molecule has 1 fully saturated rings. The fourth-order valence-corrected chi connectivity index (χ4v) is 2.82. The van der Waals surface area contributed by atoms with E-state index in [-0.39, 0.29) is 24.9 Å². The predicted molar refractivity (Wildman–Crippen MR) is 101 cm³/mol. The lowest BCUT2D eigenvalue weighted by Gasteiger charge is -2.25. The SMILES string of the molecule is CC(C)O[C@H]1CN(C(=O)OCc2ccccc2)C[C@@H]1NC(=O)OC(C)(C)C. The van der Waals surface area contributed by atoms with Crippen LogP contribution in [0.5, 0.6) is 0 Å². The lowest BCUT2D eigenvalue weighted by molar-refractivity contribution is -0.00317. The first-order valence-corrected chi connectivity index (χ1v) is 9.24. The van der Waals surface area contributed by atoms with Crippen molar-refractivity contribution < 1.29 is 23.8 Å². The number of carbonyl (C=O) groups excluding carboxylic acids is 2. The summed E-state index contributed by atoms with van der Waals surface area (Å²) in [5, 5.41) is 2.81. The average molecular weight is 378 g/mol. The second-order valence-corrected chi connectivity index (χ2v) is 7.92. The lowest BCUT2D eigenvalue weighted by Crippen LogP contribution is -2.46. The summed E-state index contributed by atoms with van der Waals surface area (Å²) in [6, 6.07) is 9.14. The second kappa shape index (κ2) is 9.08. The van der Waals surface area contributed by atoms with Gasteiger partial charge in [0.05, 0.1) is 24.8 Å². The molecular weight excluding hydrogens is 348 g/mol. The Balaban J connectivity index is 1.94. The molecule has 1 aliphatic heterocycles. The van der Waals surface area contributed by atoms with E-state index in [1.165, 1.54) is 0 Å². The Labute approximate surface area is 161 Å². The third-order valence-corrected chi connectivity index (χ3v) is 3.88. The van der Waals surface area contributed by atoms with Gasteiger partial charge in [-0.1, -0.05) is 30.3 Å². The number of rotatable bonds is 5. The predicted octanol–water partition coefficient (Wildman–Crippen LogP) is 3.33. The zero-order chi connectivity index (χ0) is 20.0. The molecule has 1 aliphatic rings. The topological polar surface area (TPSA) is 77.1 Å². The van der Waals surface area contributed by atoms with E-state index in [1.807, 2.05) is 44.2 Å². The molecular formula is C20H30N2O5. The van der Waals surface area contributed by atoms with Gasteiger partial charge in [-0.3, -0.25) is 0 Å². The minimum atomic E-state index is -0.592. The summed E-state index contributed by atoms with van der Waals surface area (Å²) in [5.41, 5.74) is 0.328. The number of likely N-dealkylation sites (tertiary alicyclic amines) is 1. The summed E-state index contributed by atoms with van der Waals surface area (Å²) in [5.74, 6) is 0. The highest BCUT2D eigenvalue weighted by Crippen LogP contribution is 2.18. The van der Waals surface area contributed by atoms with Crippen LogP contribution in [0.4, 0.5) is 9.59 Å². The number of hydrogen-bond donors (Lipinski definition) is 1. The third kappa shape index (κ3) is 7.09. The van der Waals surface area contributed by atoms with Crippen LogP contribution in [-0.4, -0.2) is 54.0 Å². The van der Waals surface area contributed by atoms with Crippen molar-refractivity contribution in [3.8, 4) is 0 Å². The van der Waals surface area contributed by atoms with Gasteiger partial charge in [0.1, 0.15) is 12.2 Å².